The highest BCUT2D eigenvalue weighted by Crippen LogP contribution is 2.40. The Bertz CT molecular complexity index is 1770. The lowest BCUT2D eigenvalue weighted by atomic mass is 9.82. The van der Waals surface area contributed by atoms with Crippen LogP contribution in [-0.4, -0.2) is 9.97 Å². The smallest absolute Gasteiger partial charge is 0.140 e. The van der Waals surface area contributed by atoms with Crippen LogP contribution in [0.3, 0.4) is 0 Å². The summed E-state index contributed by atoms with van der Waals surface area (Å²) in [5.41, 5.74) is 8.47. The Labute approximate surface area is 229 Å². The third kappa shape index (κ3) is 4.46. The number of hydrogen-bond donors (Lipinski definition) is 1. The Hall–Kier alpha value is -3.69. The number of thiazole rings is 1. The van der Waals surface area contributed by atoms with Crippen LogP contribution < -0.4 is 0 Å². The van der Waals surface area contributed by atoms with Crippen molar-refractivity contribution < 1.29 is 0 Å². The number of benzene rings is 4. The maximum absolute atomic E-state index is 4.95. The number of fused-ring (bicyclic) bond motifs is 2. The van der Waals surface area contributed by atoms with Crippen molar-refractivity contribution in [2.24, 2.45) is 0 Å². The van der Waals surface area contributed by atoms with E-state index in [0.29, 0.717) is 0 Å². The lowest BCUT2D eigenvalue weighted by Crippen LogP contribution is -2.11. The van der Waals surface area contributed by atoms with Crippen molar-refractivity contribution in [1.29, 1.82) is 0 Å². The number of aromatic amines is 1. The molecule has 2 heterocycles. The molecule has 0 atom stereocenters. The van der Waals surface area contributed by atoms with Crippen molar-refractivity contribution in [3.8, 4) is 33.2 Å². The lowest BCUT2D eigenvalue weighted by Gasteiger charge is -2.22. The van der Waals surface area contributed by atoms with Crippen molar-refractivity contribution >= 4 is 32.9 Å². The van der Waals surface area contributed by atoms with Gasteiger partial charge in [-0.1, -0.05) is 102 Å². The minimum atomic E-state index is 0.0755. The van der Waals surface area contributed by atoms with Crippen LogP contribution in [0.5, 0.6) is 0 Å². The molecule has 0 saturated heterocycles. The topological polar surface area (TPSA) is 28.7 Å². The van der Waals surface area contributed by atoms with Crippen LogP contribution in [0.25, 0.3) is 54.8 Å². The van der Waals surface area contributed by atoms with Crippen LogP contribution >= 0.6 is 11.3 Å². The van der Waals surface area contributed by atoms with Crippen LogP contribution in [0, 0.1) is 0 Å². The maximum atomic E-state index is 4.95. The summed E-state index contributed by atoms with van der Waals surface area (Å²) in [6.07, 6.45) is 0. The number of hydrogen-bond acceptors (Lipinski definition) is 2. The number of nitrogens with zero attached hydrogens (tertiary/aromatic N) is 1. The van der Waals surface area contributed by atoms with E-state index >= 15 is 0 Å². The highest BCUT2D eigenvalue weighted by atomic mass is 32.1. The first-order chi connectivity index (χ1) is 18.1. The fourth-order valence-electron chi connectivity index (χ4n) is 5.15. The molecule has 0 aliphatic heterocycles. The summed E-state index contributed by atoms with van der Waals surface area (Å²) in [6, 6.07) is 31.1. The quantitative estimate of drug-likeness (QED) is 0.234. The molecule has 6 aromatic rings. The third-order valence-electron chi connectivity index (χ3n) is 7.45. The summed E-state index contributed by atoms with van der Waals surface area (Å²) < 4.78 is 0. The SMILES string of the molecule is CC(C)(C)c1ccc2c(-c3ccc(-c4nc(-c5ccccc5)cs4)[nH]3)c3cc(C(C)(C)C)ccc3cc2c1. The molecule has 0 spiro atoms. The molecule has 3 heteroatoms. The Morgan fingerprint density at radius 1 is 0.632 bits per heavy atom. The Morgan fingerprint density at radius 2 is 1.32 bits per heavy atom. The Kier molecular flexibility index (Phi) is 5.81. The lowest BCUT2D eigenvalue weighted by molar-refractivity contribution is 0.590. The molecule has 0 fully saturated rings. The molecule has 6 rings (SSSR count). The second-order valence-corrected chi connectivity index (χ2v) is 13.2. The van der Waals surface area contributed by atoms with Gasteiger partial charge in [0.2, 0.25) is 0 Å². The van der Waals surface area contributed by atoms with E-state index in [2.05, 4.69) is 131 Å². The number of rotatable bonds is 3. The second kappa shape index (κ2) is 8.96. The van der Waals surface area contributed by atoms with Gasteiger partial charge in [0, 0.05) is 22.2 Å². The molecule has 190 valence electrons. The Morgan fingerprint density at radius 3 is 2.05 bits per heavy atom. The number of nitrogens with one attached hydrogen (secondary N) is 1. The van der Waals surface area contributed by atoms with Gasteiger partial charge in [-0.25, -0.2) is 4.98 Å². The first-order valence-electron chi connectivity index (χ1n) is 13.3. The number of aromatic nitrogens is 2. The highest BCUT2D eigenvalue weighted by Gasteiger charge is 2.20. The first-order valence-corrected chi connectivity index (χ1v) is 14.2. The standard InChI is InChI=1S/C35H34N2S/c1-34(2,3)25-14-15-27-24(19-25)18-23-12-13-26(35(4,5)6)20-28(23)32(27)29-16-17-30(36-29)33-37-31(21-38-33)22-10-8-7-9-11-22/h7-21,36H,1-6H3. The minimum absolute atomic E-state index is 0.0755. The summed E-state index contributed by atoms with van der Waals surface area (Å²) >= 11 is 1.68. The van der Waals surface area contributed by atoms with Gasteiger partial charge in [-0.2, -0.15) is 0 Å². The van der Waals surface area contributed by atoms with Crippen molar-refractivity contribution in [2.75, 3.05) is 0 Å². The van der Waals surface area contributed by atoms with Crippen molar-refractivity contribution in [3.63, 3.8) is 0 Å². The van der Waals surface area contributed by atoms with E-state index in [1.54, 1.807) is 11.3 Å². The predicted molar refractivity (Wildman–Crippen MR) is 165 cm³/mol. The minimum Gasteiger partial charge on any atom is -0.353 e. The largest absolute Gasteiger partial charge is 0.353 e. The van der Waals surface area contributed by atoms with Gasteiger partial charge in [-0.05, 0) is 67.8 Å². The summed E-state index contributed by atoms with van der Waals surface area (Å²) in [5, 5.41) is 8.25. The summed E-state index contributed by atoms with van der Waals surface area (Å²) in [7, 11) is 0. The van der Waals surface area contributed by atoms with Gasteiger partial charge in [-0.15, -0.1) is 11.3 Å². The normalized spacial score (nSPS) is 12.5. The van der Waals surface area contributed by atoms with Gasteiger partial charge < -0.3 is 4.98 Å². The molecule has 2 nitrogen and oxygen atoms in total. The van der Waals surface area contributed by atoms with Crippen LogP contribution in [0.1, 0.15) is 52.7 Å². The van der Waals surface area contributed by atoms with E-state index < -0.39 is 0 Å². The van der Waals surface area contributed by atoms with E-state index in [4.69, 9.17) is 4.98 Å². The van der Waals surface area contributed by atoms with E-state index in [1.165, 1.54) is 38.2 Å². The van der Waals surface area contributed by atoms with Crippen molar-refractivity contribution in [3.05, 3.63) is 101 Å². The number of H-pyrrole nitrogens is 1. The molecule has 0 saturated carbocycles. The van der Waals surface area contributed by atoms with Gasteiger partial charge in [0.1, 0.15) is 5.01 Å². The summed E-state index contributed by atoms with van der Waals surface area (Å²) in [4.78, 5) is 8.70. The molecule has 4 aromatic carbocycles. The van der Waals surface area contributed by atoms with E-state index in [9.17, 15) is 0 Å². The zero-order valence-electron chi connectivity index (χ0n) is 23.0. The fraction of sp³-hybridized carbons (Fsp3) is 0.229. The zero-order chi connectivity index (χ0) is 26.7. The van der Waals surface area contributed by atoms with Crippen molar-refractivity contribution in [1.82, 2.24) is 9.97 Å². The van der Waals surface area contributed by atoms with Gasteiger partial charge in [0.05, 0.1) is 11.4 Å². The molecular weight excluding hydrogens is 480 g/mol. The highest BCUT2D eigenvalue weighted by molar-refractivity contribution is 7.13. The summed E-state index contributed by atoms with van der Waals surface area (Å²) in [6.45, 7) is 13.7. The predicted octanol–water partition coefficient (Wildman–Crippen LogP) is 10.4. The molecule has 0 unspecified atom stereocenters. The van der Waals surface area contributed by atoms with Gasteiger partial charge in [0.15, 0.2) is 0 Å². The molecule has 0 aliphatic carbocycles. The van der Waals surface area contributed by atoms with Crippen LogP contribution in [-0.2, 0) is 10.8 Å². The second-order valence-electron chi connectivity index (χ2n) is 12.3. The molecule has 38 heavy (non-hydrogen) atoms. The fourth-order valence-corrected chi connectivity index (χ4v) is 5.96. The van der Waals surface area contributed by atoms with E-state index in [1.807, 2.05) is 6.07 Å². The van der Waals surface area contributed by atoms with Gasteiger partial charge >= 0.3 is 0 Å². The molecule has 0 radical (unpaired) electrons. The van der Waals surface area contributed by atoms with Crippen LogP contribution in [0.15, 0.2) is 90.3 Å². The monoisotopic (exact) mass is 514 g/mol. The van der Waals surface area contributed by atoms with E-state index in [0.717, 1.165) is 27.7 Å². The molecule has 1 N–H and O–H groups in total. The molecule has 2 aromatic heterocycles. The average molecular weight is 515 g/mol. The summed E-state index contributed by atoms with van der Waals surface area (Å²) in [5.74, 6) is 0. The van der Waals surface area contributed by atoms with E-state index in [-0.39, 0.29) is 10.8 Å². The zero-order valence-corrected chi connectivity index (χ0v) is 23.8. The van der Waals surface area contributed by atoms with Crippen molar-refractivity contribution in [2.45, 2.75) is 52.4 Å². The maximum Gasteiger partial charge on any atom is 0.140 e. The molecule has 0 amide bonds. The van der Waals surface area contributed by atoms with Gasteiger partial charge in [-0.3, -0.25) is 0 Å². The average Bonchev–Trinajstić information content (AvgIpc) is 3.56. The Balaban J connectivity index is 1.54. The van der Waals surface area contributed by atoms with Gasteiger partial charge in [0.25, 0.3) is 0 Å². The first kappa shape index (κ1) is 24.6. The van der Waals surface area contributed by atoms with Crippen LogP contribution in [0.2, 0.25) is 0 Å². The molecule has 0 bridgehead atoms. The van der Waals surface area contributed by atoms with Crippen LogP contribution in [0.4, 0.5) is 0 Å². The third-order valence-corrected chi connectivity index (χ3v) is 8.32. The molecular formula is C35H34N2S. The molecule has 0 aliphatic rings.